The first-order valence-electron chi connectivity index (χ1n) is 32.8. The molecule has 80 heavy (non-hydrogen) atoms. The van der Waals surface area contributed by atoms with Gasteiger partial charge in [0.25, 0.3) is 0 Å². The summed E-state index contributed by atoms with van der Waals surface area (Å²) in [5, 5.41) is 4.76. The topological polar surface area (TPSA) is 109 Å². The van der Waals surface area contributed by atoms with Crippen molar-refractivity contribution in [1.29, 1.82) is 0 Å². The molecular weight excluding hydrogens is 977 g/mol. The Morgan fingerprint density at radius 2 is 0.400 bits per heavy atom. The fourth-order valence-corrected chi connectivity index (χ4v) is 13.0. The van der Waals surface area contributed by atoms with Crippen molar-refractivity contribution in [3.05, 3.63) is 93.0 Å². The second-order valence-corrected chi connectivity index (χ2v) is 23.8. The van der Waals surface area contributed by atoms with Crippen LogP contribution in [-0.4, -0.2) is 39.9 Å². The Labute approximate surface area is 481 Å². The number of H-pyrrole nitrogens is 2. The lowest BCUT2D eigenvalue weighted by atomic mass is 9.91. The van der Waals surface area contributed by atoms with Gasteiger partial charge in [0.1, 0.15) is 22.6 Å². The van der Waals surface area contributed by atoms with Gasteiger partial charge in [-0.05, 0) is 147 Å². The summed E-state index contributed by atoms with van der Waals surface area (Å²) >= 11 is 0. The number of fused-ring (bicyclic) bond motifs is 20. The fourth-order valence-electron chi connectivity index (χ4n) is 13.0. The minimum absolute atomic E-state index is 0.763. The Hall–Kier alpha value is -5.76. The molecule has 3 aromatic heterocycles. The lowest BCUT2D eigenvalue weighted by molar-refractivity contribution is 0.713. The van der Waals surface area contributed by atoms with E-state index in [9.17, 15) is 0 Å². The van der Waals surface area contributed by atoms with E-state index in [1.54, 1.807) is 0 Å². The molecule has 0 radical (unpaired) electrons. The van der Waals surface area contributed by atoms with Crippen molar-refractivity contribution in [2.75, 3.05) is 0 Å². The summed E-state index contributed by atoms with van der Waals surface area (Å²) in [7, 11) is 0. The van der Waals surface area contributed by atoms with E-state index in [0.717, 1.165) is 171 Å². The minimum Gasteiger partial charge on any atom is -0.324 e. The van der Waals surface area contributed by atoms with Crippen LogP contribution in [0.5, 0.6) is 0 Å². The van der Waals surface area contributed by atoms with Crippen molar-refractivity contribution in [1.82, 2.24) is 39.9 Å². The van der Waals surface area contributed by atoms with Crippen LogP contribution >= 0.6 is 0 Å². The van der Waals surface area contributed by atoms with Crippen LogP contribution in [0.3, 0.4) is 0 Å². The molecule has 426 valence electrons. The molecule has 0 fully saturated rings. The minimum atomic E-state index is 0.763. The van der Waals surface area contributed by atoms with Crippen LogP contribution in [0, 0.1) is 0 Å². The van der Waals surface area contributed by atoms with E-state index >= 15 is 0 Å². The Balaban J connectivity index is 1.51. The molecule has 9 rings (SSSR count). The average Bonchev–Trinajstić information content (AvgIpc) is 4.30. The molecule has 2 N–H and O–H groups in total. The molecular formula is C72H98N8. The van der Waals surface area contributed by atoms with Gasteiger partial charge in [0.15, 0.2) is 23.3 Å². The summed E-state index contributed by atoms with van der Waals surface area (Å²) in [6, 6.07) is 19.3. The number of unbranched alkanes of at least 4 members (excludes halogenated alkanes) is 16. The Bertz CT molecular complexity index is 2920. The molecule has 8 bridgehead atoms. The lowest BCUT2D eigenvalue weighted by Crippen LogP contribution is -1.98. The zero-order chi connectivity index (χ0) is 55.8. The number of aromatic amines is 2. The Kier molecular flexibility index (Phi) is 21.6. The third-order valence-corrected chi connectivity index (χ3v) is 17.5. The Morgan fingerprint density at radius 1 is 0.225 bits per heavy atom. The van der Waals surface area contributed by atoms with Gasteiger partial charge in [0, 0.05) is 43.8 Å². The second kappa shape index (κ2) is 29.3. The summed E-state index contributed by atoms with van der Waals surface area (Å²) in [6.07, 6.45) is 35.5. The maximum Gasteiger partial charge on any atom is 0.165 e. The summed E-state index contributed by atoms with van der Waals surface area (Å²) in [5.74, 6) is 3.05. The van der Waals surface area contributed by atoms with E-state index < -0.39 is 0 Å². The first-order chi connectivity index (χ1) is 39.4. The number of nitrogens with zero attached hydrogens (tertiary/aromatic N) is 6. The van der Waals surface area contributed by atoms with E-state index in [1.807, 2.05) is 0 Å². The van der Waals surface area contributed by atoms with Gasteiger partial charge in [-0.15, -0.1) is 0 Å². The number of aryl methyl sites for hydroxylation is 8. The number of rotatable bonds is 32. The standard InChI is InChI=1S/C72H98N8/c1-9-17-25-33-49-41-42-50(34-26-18-10-2)58-57(49)65-73-66(58)78-68-61-53(37-29-21-13-5)45-46-54(38-30-22-14-6)62(61)70(75-68)80-72-64-56(40-32-24-16-8)48-47-55(39-31-23-15-7)63(64)71(76-72)79-69-60-52(36-28-20-12-4)44-43-51(35-27-19-11-3)59(60)67(74-69)77-65/h41-48H,9-40H2,1-8H3,(H2,73,74,75,76,77,78,79,80). The molecule has 0 aliphatic carbocycles. The number of aromatic nitrogens is 8. The average molecular weight is 1080 g/mol. The van der Waals surface area contributed by atoms with E-state index in [0.29, 0.717) is 0 Å². The van der Waals surface area contributed by atoms with E-state index in [2.05, 4.69) is 114 Å². The van der Waals surface area contributed by atoms with Crippen molar-refractivity contribution < 1.29 is 0 Å². The molecule has 8 heteroatoms. The van der Waals surface area contributed by atoms with Gasteiger partial charge in [-0.1, -0.05) is 207 Å². The van der Waals surface area contributed by atoms with Gasteiger partial charge in [-0.25, -0.2) is 29.9 Å². The lowest BCUT2D eigenvalue weighted by Gasteiger charge is -2.13. The smallest absolute Gasteiger partial charge is 0.165 e. The molecule has 0 unspecified atom stereocenters. The molecule has 4 aromatic carbocycles. The molecule has 2 aliphatic heterocycles. The van der Waals surface area contributed by atoms with E-state index in [1.165, 1.54) is 169 Å². The maximum absolute atomic E-state index is 5.91. The van der Waals surface area contributed by atoms with Crippen LogP contribution in [0.4, 0.5) is 0 Å². The number of hydrogen-bond donors (Lipinski definition) is 2. The molecule has 2 aliphatic rings. The summed E-state index contributed by atoms with van der Waals surface area (Å²) in [4.78, 5) is 43.2. The van der Waals surface area contributed by atoms with Gasteiger partial charge in [0.2, 0.25) is 0 Å². The molecule has 0 saturated carbocycles. The fraction of sp³-hybridized carbons (Fsp3) is 0.556. The number of hydrogen-bond acceptors (Lipinski definition) is 6. The SMILES string of the molecule is CCCCCc1ccc(CCCCC)c2c1-c1nc-2nc2[nH]c(nc3nc(nc4[nH]c(n1)c1c(CCCCC)ccc(CCCCC)c41)-c1c(CCCCC)ccc(CCCCC)c1-3)c1c(CCCCC)ccc(CCCCC)c21. The molecule has 0 amide bonds. The number of benzene rings is 4. The summed E-state index contributed by atoms with van der Waals surface area (Å²) in [5.41, 5.74) is 18.6. The Morgan fingerprint density at radius 3 is 0.588 bits per heavy atom. The summed E-state index contributed by atoms with van der Waals surface area (Å²) in [6.45, 7) is 18.4. The normalized spacial score (nSPS) is 12.1. The van der Waals surface area contributed by atoms with Crippen molar-refractivity contribution in [3.63, 3.8) is 0 Å². The molecule has 0 spiro atoms. The largest absolute Gasteiger partial charge is 0.324 e. The van der Waals surface area contributed by atoms with Crippen LogP contribution < -0.4 is 0 Å². The van der Waals surface area contributed by atoms with Gasteiger partial charge in [0.05, 0.1) is 0 Å². The van der Waals surface area contributed by atoms with Gasteiger partial charge >= 0.3 is 0 Å². The van der Waals surface area contributed by atoms with Crippen LogP contribution in [-0.2, 0) is 51.4 Å². The van der Waals surface area contributed by atoms with E-state index in [-0.39, 0.29) is 0 Å². The van der Waals surface area contributed by atoms with Crippen LogP contribution in [0.25, 0.3) is 89.7 Å². The van der Waals surface area contributed by atoms with Gasteiger partial charge < -0.3 is 9.97 Å². The first kappa shape index (κ1) is 58.9. The van der Waals surface area contributed by atoms with Crippen LogP contribution in [0.2, 0.25) is 0 Å². The van der Waals surface area contributed by atoms with Crippen LogP contribution in [0.1, 0.15) is 254 Å². The van der Waals surface area contributed by atoms with Crippen molar-refractivity contribution >= 4 is 44.1 Å². The summed E-state index contributed by atoms with van der Waals surface area (Å²) < 4.78 is 0. The third kappa shape index (κ3) is 13.3. The highest BCUT2D eigenvalue weighted by Gasteiger charge is 2.30. The molecule has 8 nitrogen and oxygen atoms in total. The number of nitrogens with one attached hydrogen (secondary N) is 2. The van der Waals surface area contributed by atoms with Crippen LogP contribution in [0.15, 0.2) is 48.5 Å². The molecule has 7 aromatic rings. The van der Waals surface area contributed by atoms with Gasteiger partial charge in [-0.3, -0.25) is 0 Å². The zero-order valence-electron chi connectivity index (χ0n) is 50.9. The second-order valence-electron chi connectivity index (χ2n) is 23.8. The maximum atomic E-state index is 5.91. The molecule has 0 atom stereocenters. The third-order valence-electron chi connectivity index (χ3n) is 17.5. The molecule has 0 saturated heterocycles. The zero-order valence-corrected chi connectivity index (χ0v) is 50.9. The van der Waals surface area contributed by atoms with Crippen molar-refractivity contribution in [2.45, 2.75) is 261 Å². The predicted octanol–water partition coefficient (Wildman–Crippen LogP) is 20.7. The quantitative estimate of drug-likeness (QED) is 0.0407. The van der Waals surface area contributed by atoms with Crippen molar-refractivity contribution in [2.24, 2.45) is 0 Å². The highest BCUT2D eigenvalue weighted by molar-refractivity contribution is 6.10. The van der Waals surface area contributed by atoms with Gasteiger partial charge in [-0.2, -0.15) is 0 Å². The molecule has 5 heterocycles. The monoisotopic (exact) mass is 1070 g/mol. The highest BCUT2D eigenvalue weighted by Crippen LogP contribution is 2.45. The first-order valence-corrected chi connectivity index (χ1v) is 32.8. The van der Waals surface area contributed by atoms with Crippen molar-refractivity contribution in [3.8, 4) is 45.6 Å². The van der Waals surface area contributed by atoms with E-state index in [4.69, 9.17) is 29.9 Å². The predicted molar refractivity (Wildman–Crippen MR) is 342 cm³/mol. The highest BCUT2D eigenvalue weighted by atomic mass is 15.1.